The topological polar surface area (TPSA) is 28.2 Å². The molecule has 5 heteroatoms. The smallest absolute Gasteiger partial charge is 0.185 e. The van der Waals surface area contributed by atoms with E-state index in [4.69, 9.17) is 4.98 Å². The third-order valence-electron chi connectivity index (χ3n) is 3.23. The minimum absolute atomic E-state index is 0.334. The van der Waals surface area contributed by atoms with Crippen molar-refractivity contribution in [1.29, 1.82) is 0 Å². The van der Waals surface area contributed by atoms with Gasteiger partial charge in [-0.05, 0) is 38.3 Å². The van der Waals surface area contributed by atoms with Gasteiger partial charge in [0.05, 0.1) is 12.2 Å². The Balaban J connectivity index is 2.02. The van der Waals surface area contributed by atoms with Crippen LogP contribution in [0, 0.1) is 0 Å². The van der Waals surface area contributed by atoms with Crippen LogP contribution in [0.5, 0.6) is 0 Å². The Bertz CT molecular complexity index is 493. The van der Waals surface area contributed by atoms with E-state index >= 15 is 0 Å². The van der Waals surface area contributed by atoms with Crippen LogP contribution in [0.4, 0.5) is 5.13 Å². The number of nitrogens with zero attached hydrogens (tertiary/aromatic N) is 2. The molecular weight excluding hydrogens is 286 g/mol. The van der Waals surface area contributed by atoms with Crippen LogP contribution in [-0.4, -0.2) is 18.1 Å². The Labute approximate surface area is 129 Å². The van der Waals surface area contributed by atoms with Crippen molar-refractivity contribution in [2.24, 2.45) is 0 Å². The monoisotopic (exact) mass is 309 g/mol. The van der Waals surface area contributed by atoms with Crippen LogP contribution in [0.1, 0.15) is 43.8 Å². The fraction of sp³-hybridized carbons (Fsp3) is 0.533. The van der Waals surface area contributed by atoms with Crippen molar-refractivity contribution in [1.82, 2.24) is 10.3 Å². The molecule has 0 aliphatic carbocycles. The van der Waals surface area contributed by atoms with Crippen LogP contribution in [0.15, 0.2) is 22.9 Å². The first-order valence-electron chi connectivity index (χ1n) is 7.20. The molecule has 0 aliphatic rings. The third-order valence-corrected chi connectivity index (χ3v) is 5.01. The van der Waals surface area contributed by atoms with E-state index in [9.17, 15) is 0 Å². The minimum atomic E-state index is 0.334. The summed E-state index contributed by atoms with van der Waals surface area (Å²) < 4.78 is 0. The predicted octanol–water partition coefficient (Wildman–Crippen LogP) is 4.29. The maximum absolute atomic E-state index is 4.80. The zero-order chi connectivity index (χ0) is 14.4. The van der Waals surface area contributed by atoms with Gasteiger partial charge in [-0.15, -0.1) is 22.7 Å². The van der Waals surface area contributed by atoms with Gasteiger partial charge in [-0.25, -0.2) is 4.98 Å². The highest BCUT2D eigenvalue weighted by atomic mass is 32.1. The zero-order valence-electron chi connectivity index (χ0n) is 12.4. The molecular formula is C15H23N3S2. The predicted molar refractivity (Wildman–Crippen MR) is 89.9 cm³/mol. The summed E-state index contributed by atoms with van der Waals surface area (Å²) in [5.74, 6) is 0. The van der Waals surface area contributed by atoms with Crippen LogP contribution in [0.2, 0.25) is 0 Å². The van der Waals surface area contributed by atoms with Crippen molar-refractivity contribution in [3.8, 4) is 0 Å². The van der Waals surface area contributed by atoms with Crippen molar-refractivity contribution >= 4 is 27.8 Å². The van der Waals surface area contributed by atoms with Gasteiger partial charge >= 0.3 is 0 Å². The molecule has 0 bridgehead atoms. The van der Waals surface area contributed by atoms with Crippen LogP contribution in [-0.2, 0) is 6.54 Å². The van der Waals surface area contributed by atoms with Crippen LogP contribution in [0.3, 0.4) is 0 Å². The second-order valence-electron chi connectivity index (χ2n) is 4.82. The van der Waals surface area contributed by atoms with Crippen molar-refractivity contribution in [3.05, 3.63) is 33.5 Å². The van der Waals surface area contributed by atoms with Gasteiger partial charge in [-0.2, -0.15) is 0 Å². The lowest BCUT2D eigenvalue weighted by Crippen LogP contribution is -2.22. The fourth-order valence-electron chi connectivity index (χ4n) is 1.99. The van der Waals surface area contributed by atoms with Gasteiger partial charge in [0.1, 0.15) is 0 Å². The van der Waals surface area contributed by atoms with Gasteiger partial charge < -0.3 is 10.2 Å². The second kappa shape index (κ2) is 7.76. The standard InChI is InChI=1S/C15H23N3S2/c1-4-8-16-12(3)14-11-20-15(17-14)18(5-2)10-13-7-6-9-19-13/h6-7,9,11-12,16H,4-5,8,10H2,1-3H3. The van der Waals surface area contributed by atoms with Gasteiger partial charge in [0.15, 0.2) is 5.13 Å². The molecule has 3 nitrogen and oxygen atoms in total. The molecule has 20 heavy (non-hydrogen) atoms. The van der Waals surface area contributed by atoms with Gasteiger partial charge in [-0.1, -0.05) is 13.0 Å². The highest BCUT2D eigenvalue weighted by Gasteiger charge is 2.13. The van der Waals surface area contributed by atoms with Crippen molar-refractivity contribution in [2.75, 3.05) is 18.0 Å². The third kappa shape index (κ3) is 4.04. The van der Waals surface area contributed by atoms with E-state index in [0.29, 0.717) is 6.04 Å². The number of rotatable bonds is 8. The molecule has 0 saturated carbocycles. The number of hydrogen-bond acceptors (Lipinski definition) is 5. The first kappa shape index (κ1) is 15.5. The molecule has 1 atom stereocenters. The summed E-state index contributed by atoms with van der Waals surface area (Å²) in [4.78, 5) is 8.53. The summed E-state index contributed by atoms with van der Waals surface area (Å²) in [6, 6.07) is 4.63. The van der Waals surface area contributed by atoms with E-state index in [0.717, 1.165) is 36.9 Å². The van der Waals surface area contributed by atoms with E-state index in [-0.39, 0.29) is 0 Å². The second-order valence-corrected chi connectivity index (χ2v) is 6.69. The van der Waals surface area contributed by atoms with Crippen LogP contribution in [0.25, 0.3) is 0 Å². The van der Waals surface area contributed by atoms with Gasteiger partial charge in [0, 0.05) is 22.8 Å². The molecule has 0 aliphatic heterocycles. The minimum Gasteiger partial charge on any atom is -0.343 e. The number of nitrogens with one attached hydrogen (secondary N) is 1. The van der Waals surface area contributed by atoms with E-state index < -0.39 is 0 Å². The number of aromatic nitrogens is 1. The maximum Gasteiger partial charge on any atom is 0.185 e. The average Bonchev–Trinajstić information content (AvgIpc) is 3.13. The quantitative estimate of drug-likeness (QED) is 0.788. The van der Waals surface area contributed by atoms with Crippen LogP contribution >= 0.6 is 22.7 Å². The molecule has 110 valence electrons. The fourth-order valence-corrected chi connectivity index (χ4v) is 3.69. The first-order valence-corrected chi connectivity index (χ1v) is 8.96. The Morgan fingerprint density at radius 3 is 2.85 bits per heavy atom. The molecule has 0 aromatic carbocycles. The zero-order valence-corrected chi connectivity index (χ0v) is 14.1. The average molecular weight is 310 g/mol. The summed E-state index contributed by atoms with van der Waals surface area (Å²) in [5.41, 5.74) is 1.16. The molecule has 0 saturated heterocycles. The lowest BCUT2D eigenvalue weighted by atomic mass is 10.2. The van der Waals surface area contributed by atoms with E-state index in [2.05, 4.69) is 53.9 Å². The Hall–Kier alpha value is -0.910. The van der Waals surface area contributed by atoms with Crippen LogP contribution < -0.4 is 10.2 Å². The van der Waals surface area contributed by atoms with Gasteiger partial charge in [0.25, 0.3) is 0 Å². The molecule has 0 amide bonds. The van der Waals surface area contributed by atoms with Gasteiger partial charge in [-0.3, -0.25) is 0 Å². The molecule has 0 spiro atoms. The van der Waals surface area contributed by atoms with E-state index in [1.54, 1.807) is 11.3 Å². The number of anilines is 1. The number of hydrogen-bond donors (Lipinski definition) is 1. The Morgan fingerprint density at radius 2 is 2.20 bits per heavy atom. The number of thiophene rings is 1. The molecule has 2 aromatic rings. The normalized spacial score (nSPS) is 12.6. The van der Waals surface area contributed by atoms with Crippen molar-refractivity contribution in [3.63, 3.8) is 0 Å². The molecule has 0 fully saturated rings. The number of thiazole rings is 1. The lowest BCUT2D eigenvalue weighted by Gasteiger charge is -2.19. The van der Waals surface area contributed by atoms with Crippen molar-refractivity contribution < 1.29 is 0 Å². The first-order chi connectivity index (χ1) is 9.74. The summed E-state index contributed by atoms with van der Waals surface area (Å²) in [5, 5.41) is 8.93. The summed E-state index contributed by atoms with van der Waals surface area (Å²) >= 11 is 3.55. The van der Waals surface area contributed by atoms with E-state index in [1.807, 2.05) is 11.3 Å². The highest BCUT2D eigenvalue weighted by Crippen LogP contribution is 2.26. The SMILES string of the molecule is CCCNC(C)c1csc(N(CC)Cc2cccs2)n1. The Morgan fingerprint density at radius 1 is 1.35 bits per heavy atom. The van der Waals surface area contributed by atoms with E-state index in [1.165, 1.54) is 4.88 Å². The lowest BCUT2D eigenvalue weighted by molar-refractivity contribution is 0.560. The maximum atomic E-state index is 4.80. The molecule has 0 radical (unpaired) electrons. The largest absolute Gasteiger partial charge is 0.343 e. The molecule has 2 aromatic heterocycles. The molecule has 2 heterocycles. The van der Waals surface area contributed by atoms with Gasteiger partial charge in [0.2, 0.25) is 0 Å². The molecule has 2 rings (SSSR count). The molecule has 1 N–H and O–H groups in total. The molecule has 1 unspecified atom stereocenters. The Kier molecular flexibility index (Phi) is 6.01. The summed E-state index contributed by atoms with van der Waals surface area (Å²) in [6.45, 7) is 9.55. The summed E-state index contributed by atoms with van der Waals surface area (Å²) in [6.07, 6.45) is 1.15. The van der Waals surface area contributed by atoms with Crippen molar-refractivity contribution in [2.45, 2.75) is 39.8 Å². The highest BCUT2D eigenvalue weighted by molar-refractivity contribution is 7.13. The summed E-state index contributed by atoms with van der Waals surface area (Å²) in [7, 11) is 0.